The Morgan fingerprint density at radius 3 is 2.45 bits per heavy atom. The first-order valence-corrected chi connectivity index (χ1v) is 7.64. The van der Waals surface area contributed by atoms with E-state index < -0.39 is 11.6 Å². The third kappa shape index (κ3) is 5.38. The van der Waals surface area contributed by atoms with Gasteiger partial charge in [0.2, 0.25) is 0 Å². The Labute approximate surface area is 121 Å². The maximum atomic E-state index is 10.9. The van der Waals surface area contributed by atoms with E-state index in [1.807, 2.05) is 6.92 Å². The highest BCUT2D eigenvalue weighted by Gasteiger charge is 2.36. The Bertz CT molecular complexity index is 298. The van der Waals surface area contributed by atoms with Crippen LogP contribution in [0.3, 0.4) is 0 Å². The van der Waals surface area contributed by atoms with Gasteiger partial charge in [0.1, 0.15) is 0 Å². The van der Waals surface area contributed by atoms with E-state index in [1.165, 1.54) is 0 Å². The lowest BCUT2D eigenvalue weighted by molar-refractivity contribution is -0.144. The third-order valence-corrected chi connectivity index (χ3v) is 4.27. The van der Waals surface area contributed by atoms with Gasteiger partial charge in [-0.05, 0) is 38.5 Å². The Kier molecular flexibility index (Phi) is 6.92. The van der Waals surface area contributed by atoms with Gasteiger partial charge in [-0.2, -0.15) is 0 Å². The fourth-order valence-electron chi connectivity index (χ4n) is 2.63. The minimum atomic E-state index is -0.773. The van der Waals surface area contributed by atoms with Crippen LogP contribution < -0.4 is 5.32 Å². The summed E-state index contributed by atoms with van der Waals surface area (Å²) >= 11 is 0. The van der Waals surface area contributed by atoms with E-state index in [0.29, 0.717) is 51.4 Å². The molecule has 0 saturated heterocycles. The van der Waals surface area contributed by atoms with Gasteiger partial charge in [-0.3, -0.25) is 4.79 Å². The maximum Gasteiger partial charge on any atom is 0.306 e. The Balaban J connectivity index is 2.41. The summed E-state index contributed by atoms with van der Waals surface area (Å²) in [5.41, 5.74) is -0.773. The van der Waals surface area contributed by atoms with E-state index in [0.717, 1.165) is 0 Å². The van der Waals surface area contributed by atoms with Crippen molar-refractivity contribution in [2.24, 2.45) is 11.8 Å². The van der Waals surface area contributed by atoms with Gasteiger partial charge in [0.15, 0.2) is 0 Å². The molecule has 1 fully saturated rings. The van der Waals surface area contributed by atoms with E-state index in [4.69, 9.17) is 9.84 Å². The Hall–Kier alpha value is -0.650. The number of ether oxygens (including phenoxy) is 1. The van der Waals surface area contributed by atoms with Gasteiger partial charge in [0, 0.05) is 19.2 Å². The van der Waals surface area contributed by atoms with Crippen LogP contribution in [0.5, 0.6) is 0 Å². The number of hydrogen-bond acceptors (Lipinski definition) is 4. The highest BCUT2D eigenvalue weighted by Crippen LogP contribution is 2.32. The van der Waals surface area contributed by atoms with Crippen LogP contribution in [-0.4, -0.2) is 47.6 Å². The zero-order valence-electron chi connectivity index (χ0n) is 12.9. The van der Waals surface area contributed by atoms with Crippen LogP contribution in [-0.2, 0) is 9.53 Å². The SMILES string of the molecule is CCOCC(NCC1(O)CCC(C(=O)O)CC1)C(C)C. The van der Waals surface area contributed by atoms with Crippen molar-refractivity contribution in [1.29, 1.82) is 0 Å². The lowest BCUT2D eigenvalue weighted by atomic mass is 9.78. The summed E-state index contributed by atoms with van der Waals surface area (Å²) in [7, 11) is 0. The van der Waals surface area contributed by atoms with Crippen molar-refractivity contribution in [1.82, 2.24) is 5.32 Å². The fraction of sp³-hybridized carbons (Fsp3) is 0.933. The summed E-state index contributed by atoms with van der Waals surface area (Å²) < 4.78 is 5.46. The second-order valence-corrected chi connectivity index (χ2v) is 6.23. The number of aliphatic carboxylic acids is 1. The fourth-order valence-corrected chi connectivity index (χ4v) is 2.63. The largest absolute Gasteiger partial charge is 0.481 e. The molecule has 118 valence electrons. The van der Waals surface area contributed by atoms with Crippen LogP contribution in [0.15, 0.2) is 0 Å². The van der Waals surface area contributed by atoms with Crippen molar-refractivity contribution in [3.05, 3.63) is 0 Å². The molecule has 1 saturated carbocycles. The second-order valence-electron chi connectivity index (χ2n) is 6.23. The van der Waals surface area contributed by atoms with Crippen LogP contribution in [0, 0.1) is 11.8 Å². The van der Waals surface area contributed by atoms with E-state index in [1.54, 1.807) is 0 Å². The first-order valence-electron chi connectivity index (χ1n) is 7.64. The molecule has 0 bridgehead atoms. The zero-order chi connectivity index (χ0) is 15.2. The summed E-state index contributed by atoms with van der Waals surface area (Å²) in [6.45, 7) is 8.06. The maximum absolute atomic E-state index is 10.9. The smallest absolute Gasteiger partial charge is 0.306 e. The first-order chi connectivity index (χ1) is 9.38. The molecule has 0 spiro atoms. The van der Waals surface area contributed by atoms with E-state index in [-0.39, 0.29) is 12.0 Å². The molecule has 0 aliphatic heterocycles. The Morgan fingerprint density at radius 2 is 2.00 bits per heavy atom. The van der Waals surface area contributed by atoms with Crippen LogP contribution in [0.2, 0.25) is 0 Å². The highest BCUT2D eigenvalue weighted by molar-refractivity contribution is 5.70. The van der Waals surface area contributed by atoms with Crippen molar-refractivity contribution in [2.75, 3.05) is 19.8 Å². The molecule has 5 heteroatoms. The van der Waals surface area contributed by atoms with Gasteiger partial charge >= 0.3 is 5.97 Å². The van der Waals surface area contributed by atoms with Crippen molar-refractivity contribution in [2.45, 2.75) is 58.1 Å². The first kappa shape index (κ1) is 17.4. The number of hydrogen-bond donors (Lipinski definition) is 3. The predicted molar refractivity (Wildman–Crippen MR) is 77.7 cm³/mol. The molecule has 1 aliphatic rings. The molecule has 0 heterocycles. The second kappa shape index (κ2) is 7.96. The van der Waals surface area contributed by atoms with Gasteiger partial charge in [0.05, 0.1) is 18.1 Å². The molecule has 3 N–H and O–H groups in total. The number of carboxylic acids is 1. The molecule has 0 amide bonds. The lowest BCUT2D eigenvalue weighted by Crippen LogP contribution is -2.49. The standard InChI is InChI=1S/C15H29NO4/c1-4-20-9-13(11(2)3)16-10-15(19)7-5-12(6-8-15)14(17)18/h11-13,16,19H,4-10H2,1-3H3,(H,17,18). The van der Waals surface area contributed by atoms with Crippen LogP contribution in [0.25, 0.3) is 0 Å². The molecular weight excluding hydrogens is 258 g/mol. The molecule has 0 aromatic heterocycles. The zero-order valence-corrected chi connectivity index (χ0v) is 12.9. The number of rotatable bonds is 8. The molecule has 1 unspecified atom stereocenters. The van der Waals surface area contributed by atoms with E-state index >= 15 is 0 Å². The van der Waals surface area contributed by atoms with Crippen LogP contribution >= 0.6 is 0 Å². The molecule has 0 radical (unpaired) electrons. The molecule has 5 nitrogen and oxygen atoms in total. The minimum absolute atomic E-state index is 0.219. The van der Waals surface area contributed by atoms with Gasteiger partial charge < -0.3 is 20.3 Å². The van der Waals surface area contributed by atoms with Gasteiger partial charge in [0.25, 0.3) is 0 Å². The molecule has 20 heavy (non-hydrogen) atoms. The quantitative estimate of drug-likeness (QED) is 0.632. The van der Waals surface area contributed by atoms with Gasteiger partial charge in [-0.25, -0.2) is 0 Å². The van der Waals surface area contributed by atoms with Crippen molar-refractivity contribution < 1.29 is 19.7 Å². The number of carboxylic acid groups (broad SMARTS) is 1. The normalized spacial score (nSPS) is 28.6. The summed E-state index contributed by atoms with van der Waals surface area (Å²) in [6.07, 6.45) is 2.23. The van der Waals surface area contributed by atoms with Crippen molar-refractivity contribution in [3.63, 3.8) is 0 Å². The summed E-state index contributed by atoms with van der Waals surface area (Å²) in [5.74, 6) is -0.600. The number of nitrogens with one attached hydrogen (secondary N) is 1. The van der Waals surface area contributed by atoms with Gasteiger partial charge in [-0.15, -0.1) is 0 Å². The summed E-state index contributed by atoms with van der Waals surface area (Å²) in [5, 5.41) is 22.9. The predicted octanol–water partition coefficient (Wildman–Crippen LogP) is 1.64. The molecular formula is C15H29NO4. The van der Waals surface area contributed by atoms with Crippen LogP contribution in [0.4, 0.5) is 0 Å². The van der Waals surface area contributed by atoms with Crippen molar-refractivity contribution in [3.8, 4) is 0 Å². The van der Waals surface area contributed by atoms with Crippen LogP contribution in [0.1, 0.15) is 46.5 Å². The lowest BCUT2D eigenvalue weighted by Gasteiger charge is -2.36. The highest BCUT2D eigenvalue weighted by atomic mass is 16.5. The topological polar surface area (TPSA) is 78.8 Å². The third-order valence-electron chi connectivity index (χ3n) is 4.27. The molecule has 1 rings (SSSR count). The molecule has 0 aromatic carbocycles. The minimum Gasteiger partial charge on any atom is -0.481 e. The Morgan fingerprint density at radius 1 is 1.40 bits per heavy atom. The number of aliphatic hydroxyl groups is 1. The van der Waals surface area contributed by atoms with Crippen molar-refractivity contribution >= 4 is 5.97 Å². The number of carbonyl (C=O) groups is 1. The molecule has 0 aromatic rings. The molecule has 1 aliphatic carbocycles. The average Bonchev–Trinajstić information content (AvgIpc) is 2.38. The monoisotopic (exact) mass is 287 g/mol. The van der Waals surface area contributed by atoms with Gasteiger partial charge in [-0.1, -0.05) is 13.8 Å². The van der Waals surface area contributed by atoms with E-state index in [9.17, 15) is 9.90 Å². The average molecular weight is 287 g/mol. The molecule has 1 atom stereocenters. The summed E-state index contributed by atoms with van der Waals surface area (Å²) in [4.78, 5) is 10.9. The summed E-state index contributed by atoms with van der Waals surface area (Å²) in [6, 6.07) is 0.219. The van der Waals surface area contributed by atoms with E-state index in [2.05, 4.69) is 19.2 Å².